The zero-order chi connectivity index (χ0) is 14.2. The maximum absolute atomic E-state index is 11.8. The molecule has 104 valence electrons. The maximum Gasteiger partial charge on any atom is 0.340 e. The van der Waals surface area contributed by atoms with Crippen LogP contribution >= 0.6 is 0 Å². The minimum atomic E-state index is -1.50. The number of esters is 2. The topological polar surface area (TPSA) is 82.1 Å². The molecule has 0 bridgehead atoms. The summed E-state index contributed by atoms with van der Waals surface area (Å²) in [4.78, 5) is 23.1. The summed E-state index contributed by atoms with van der Waals surface area (Å²) in [6, 6.07) is 0. The molecule has 1 fully saturated rings. The highest BCUT2D eigenvalue weighted by Gasteiger charge is 2.63. The van der Waals surface area contributed by atoms with E-state index in [-0.39, 0.29) is 12.8 Å². The van der Waals surface area contributed by atoms with Crippen LogP contribution < -0.4 is 0 Å². The first kappa shape index (κ1) is 14.9. The van der Waals surface area contributed by atoms with Gasteiger partial charge in [-0.2, -0.15) is 0 Å². The zero-order valence-corrected chi connectivity index (χ0v) is 11.4. The lowest BCUT2D eigenvalue weighted by Crippen LogP contribution is -2.53. The fraction of sp³-hybridized carbons (Fsp3) is 0.833. The van der Waals surface area contributed by atoms with Gasteiger partial charge in [-0.05, 0) is 20.8 Å². The molecule has 0 aromatic rings. The van der Waals surface area contributed by atoms with Crippen molar-refractivity contribution in [3.8, 4) is 0 Å². The smallest absolute Gasteiger partial charge is 0.340 e. The monoisotopic (exact) mass is 260 g/mol. The van der Waals surface area contributed by atoms with Gasteiger partial charge in [-0.3, -0.25) is 4.79 Å². The average Bonchev–Trinajstić information content (AvgIpc) is 2.43. The lowest BCUT2D eigenvalue weighted by Gasteiger charge is -2.32. The SMILES string of the molecule is COC(=O)C[C@@]1(C)C[C@](C)(O)[C@@](C)(C(=O)OC)O1. The van der Waals surface area contributed by atoms with E-state index in [0.717, 1.165) is 0 Å². The Morgan fingerprint density at radius 2 is 1.78 bits per heavy atom. The van der Waals surface area contributed by atoms with Crippen molar-refractivity contribution >= 4 is 11.9 Å². The Morgan fingerprint density at radius 3 is 2.22 bits per heavy atom. The van der Waals surface area contributed by atoms with E-state index >= 15 is 0 Å². The standard InChI is InChI=1S/C12H20O6/c1-10(6-8(13)16-4)7-11(2,15)12(3,18-10)9(14)17-5/h15H,6-7H2,1-5H3/t10-,11-,12+/m0/s1. The number of carbonyl (C=O) groups excluding carboxylic acids is 2. The number of ether oxygens (including phenoxy) is 3. The predicted molar refractivity (Wildman–Crippen MR) is 61.8 cm³/mol. The molecule has 1 aliphatic rings. The van der Waals surface area contributed by atoms with Gasteiger partial charge in [-0.15, -0.1) is 0 Å². The fourth-order valence-electron chi connectivity index (χ4n) is 2.47. The van der Waals surface area contributed by atoms with Crippen molar-refractivity contribution in [3.05, 3.63) is 0 Å². The molecule has 0 radical (unpaired) electrons. The van der Waals surface area contributed by atoms with Gasteiger partial charge in [-0.25, -0.2) is 4.79 Å². The third-order valence-corrected chi connectivity index (χ3v) is 3.52. The molecule has 1 rings (SSSR count). The molecule has 1 N–H and O–H groups in total. The van der Waals surface area contributed by atoms with Crippen molar-refractivity contribution in [2.75, 3.05) is 14.2 Å². The van der Waals surface area contributed by atoms with Crippen molar-refractivity contribution in [2.45, 2.75) is 50.4 Å². The van der Waals surface area contributed by atoms with Crippen LogP contribution in [0.1, 0.15) is 33.6 Å². The summed E-state index contributed by atoms with van der Waals surface area (Å²) < 4.78 is 14.9. The Labute approximate surface area is 106 Å². The van der Waals surface area contributed by atoms with E-state index in [1.54, 1.807) is 6.92 Å². The number of hydrogen-bond acceptors (Lipinski definition) is 6. The number of carbonyl (C=O) groups is 2. The van der Waals surface area contributed by atoms with Gasteiger partial charge in [0.15, 0.2) is 5.60 Å². The van der Waals surface area contributed by atoms with Crippen molar-refractivity contribution in [2.24, 2.45) is 0 Å². The Balaban J connectivity index is 3.00. The Morgan fingerprint density at radius 1 is 1.22 bits per heavy atom. The average molecular weight is 260 g/mol. The zero-order valence-electron chi connectivity index (χ0n) is 11.4. The van der Waals surface area contributed by atoms with E-state index in [2.05, 4.69) is 9.47 Å². The number of aliphatic hydroxyl groups is 1. The van der Waals surface area contributed by atoms with Gasteiger partial charge in [0.1, 0.15) is 5.60 Å². The van der Waals surface area contributed by atoms with Crippen LogP contribution in [0.4, 0.5) is 0 Å². The van der Waals surface area contributed by atoms with Crippen LogP contribution in [0.3, 0.4) is 0 Å². The van der Waals surface area contributed by atoms with E-state index < -0.39 is 28.7 Å². The molecular formula is C12H20O6. The first-order valence-electron chi connectivity index (χ1n) is 5.68. The Bertz CT molecular complexity index is 364. The molecule has 0 aromatic carbocycles. The second-order valence-electron chi connectivity index (χ2n) is 5.28. The maximum atomic E-state index is 11.8. The molecule has 1 heterocycles. The summed E-state index contributed by atoms with van der Waals surface area (Å²) in [5.74, 6) is -1.12. The summed E-state index contributed by atoms with van der Waals surface area (Å²) >= 11 is 0. The van der Waals surface area contributed by atoms with Crippen molar-refractivity contribution in [1.82, 2.24) is 0 Å². The fourth-order valence-corrected chi connectivity index (χ4v) is 2.47. The molecule has 1 aliphatic heterocycles. The number of methoxy groups -OCH3 is 2. The van der Waals surface area contributed by atoms with Crippen molar-refractivity contribution < 1.29 is 28.9 Å². The highest BCUT2D eigenvalue weighted by atomic mass is 16.6. The summed E-state index contributed by atoms with van der Waals surface area (Å²) in [5, 5.41) is 10.4. The molecular weight excluding hydrogens is 240 g/mol. The van der Waals surface area contributed by atoms with Crippen LogP contribution in [-0.2, 0) is 23.8 Å². The lowest BCUT2D eigenvalue weighted by molar-refractivity contribution is -0.192. The van der Waals surface area contributed by atoms with Crippen LogP contribution in [0.25, 0.3) is 0 Å². The minimum Gasteiger partial charge on any atom is -0.469 e. The molecule has 3 atom stereocenters. The van der Waals surface area contributed by atoms with E-state index in [4.69, 9.17) is 4.74 Å². The number of hydrogen-bond donors (Lipinski definition) is 1. The highest BCUT2D eigenvalue weighted by molar-refractivity contribution is 5.81. The van der Waals surface area contributed by atoms with Crippen LogP contribution in [0.2, 0.25) is 0 Å². The van der Waals surface area contributed by atoms with Crippen LogP contribution in [-0.4, -0.2) is 48.1 Å². The molecule has 1 saturated heterocycles. The van der Waals surface area contributed by atoms with Crippen LogP contribution in [0.15, 0.2) is 0 Å². The lowest BCUT2D eigenvalue weighted by atomic mass is 9.82. The summed E-state index contributed by atoms with van der Waals surface area (Å²) in [6.45, 7) is 4.61. The second kappa shape index (κ2) is 4.51. The van der Waals surface area contributed by atoms with E-state index in [1.807, 2.05) is 0 Å². The van der Waals surface area contributed by atoms with Crippen molar-refractivity contribution in [3.63, 3.8) is 0 Å². The highest BCUT2D eigenvalue weighted by Crippen LogP contribution is 2.47. The molecule has 18 heavy (non-hydrogen) atoms. The Hall–Kier alpha value is -1.14. The van der Waals surface area contributed by atoms with E-state index in [0.29, 0.717) is 0 Å². The largest absolute Gasteiger partial charge is 0.469 e. The third kappa shape index (κ3) is 2.35. The van der Waals surface area contributed by atoms with Gasteiger partial charge in [-0.1, -0.05) is 0 Å². The Kier molecular flexibility index (Phi) is 3.74. The molecule has 0 saturated carbocycles. The molecule has 0 aliphatic carbocycles. The minimum absolute atomic E-state index is 0.0355. The summed E-state index contributed by atoms with van der Waals surface area (Å²) in [5.41, 5.74) is -3.87. The van der Waals surface area contributed by atoms with Gasteiger partial charge in [0.25, 0.3) is 0 Å². The molecule has 0 amide bonds. The normalized spacial score (nSPS) is 39.4. The second-order valence-corrected chi connectivity index (χ2v) is 5.28. The molecule has 0 aromatic heterocycles. The van der Waals surface area contributed by atoms with Gasteiger partial charge < -0.3 is 19.3 Å². The first-order chi connectivity index (χ1) is 8.10. The van der Waals surface area contributed by atoms with Gasteiger partial charge in [0.2, 0.25) is 0 Å². The van der Waals surface area contributed by atoms with E-state index in [9.17, 15) is 14.7 Å². The van der Waals surface area contributed by atoms with Gasteiger partial charge in [0, 0.05) is 6.42 Å². The third-order valence-electron chi connectivity index (χ3n) is 3.52. The quantitative estimate of drug-likeness (QED) is 0.740. The first-order valence-corrected chi connectivity index (χ1v) is 5.68. The van der Waals surface area contributed by atoms with Crippen LogP contribution in [0, 0.1) is 0 Å². The van der Waals surface area contributed by atoms with Gasteiger partial charge >= 0.3 is 11.9 Å². The summed E-state index contributed by atoms with van der Waals surface area (Å²) in [7, 11) is 2.50. The molecule has 6 heteroatoms. The van der Waals surface area contributed by atoms with Gasteiger partial charge in [0.05, 0.1) is 26.2 Å². The molecule has 0 spiro atoms. The number of rotatable bonds is 3. The van der Waals surface area contributed by atoms with E-state index in [1.165, 1.54) is 28.1 Å². The van der Waals surface area contributed by atoms with Crippen molar-refractivity contribution in [1.29, 1.82) is 0 Å². The predicted octanol–water partition coefficient (Wildman–Crippen LogP) is 0.411. The molecule has 6 nitrogen and oxygen atoms in total. The van der Waals surface area contributed by atoms with Crippen LogP contribution in [0.5, 0.6) is 0 Å². The summed E-state index contributed by atoms with van der Waals surface area (Å²) in [6.07, 6.45) is 0.104. The molecule has 0 unspecified atom stereocenters.